The summed E-state index contributed by atoms with van der Waals surface area (Å²) in [4.78, 5) is 61.8. The fourth-order valence-corrected chi connectivity index (χ4v) is 9.33. The third kappa shape index (κ3) is 29.9. The number of aliphatic hydroxyl groups is 3. The summed E-state index contributed by atoms with van der Waals surface area (Å²) in [6.07, 6.45) is 28.1. The first kappa shape index (κ1) is 62.8. The standard InChI is InChI=1S/C49H83N3O16P2/c1-4-5-6-7-14-20-25-30-40(53)31-26-21-16-13-18-22-27-32-44(54)63-36-41(66-45(55)33-28-23-17-12-10-8-9-11-15-19-24-29-39(2)3)37-64-69(59,60)68-70(61,62)65-38-42-46(56)47(57)48(67-42)52-35-34-43(50)51-49(52)58/h13-14,18,20-21,25-26,30,34-35,39-42,46-48,53,56-57H,4-12,15-17,19,22-24,27-29,31-33,36-38H2,1-3H3,(H,59,60)(H,61,62)(H2,50,51,58)/b18-13+,20-14-,26-21-,30-25-/t40-,41-,42-,46-,47-,48-/m1/s1. The van der Waals surface area contributed by atoms with Gasteiger partial charge < -0.3 is 45.1 Å². The van der Waals surface area contributed by atoms with Crippen molar-refractivity contribution in [3.05, 3.63) is 71.4 Å². The predicted octanol–water partition coefficient (Wildman–Crippen LogP) is 8.99. The number of rotatable bonds is 40. The summed E-state index contributed by atoms with van der Waals surface area (Å²) in [5.41, 5.74) is 4.58. The predicted molar refractivity (Wildman–Crippen MR) is 267 cm³/mol. The molecule has 8 atom stereocenters. The van der Waals surface area contributed by atoms with Crippen molar-refractivity contribution in [3.8, 4) is 0 Å². The van der Waals surface area contributed by atoms with E-state index < -0.39 is 89.8 Å². The summed E-state index contributed by atoms with van der Waals surface area (Å²) < 4.78 is 56.6. The number of carbonyl (C=O) groups excluding carboxylic acids is 2. The molecule has 0 spiro atoms. The Hall–Kier alpha value is -3.32. The van der Waals surface area contributed by atoms with Crippen LogP contribution < -0.4 is 11.4 Å². The Balaban J connectivity index is 1.84. The molecule has 1 aromatic rings. The van der Waals surface area contributed by atoms with Gasteiger partial charge in [0.2, 0.25) is 0 Å². The Morgan fingerprint density at radius 3 is 2.10 bits per heavy atom. The highest BCUT2D eigenvalue weighted by Crippen LogP contribution is 2.60. The molecule has 21 heteroatoms. The molecule has 2 heterocycles. The second-order valence-electron chi connectivity index (χ2n) is 18.0. The molecule has 0 saturated carbocycles. The molecule has 0 aliphatic carbocycles. The van der Waals surface area contributed by atoms with E-state index in [0.29, 0.717) is 32.1 Å². The van der Waals surface area contributed by atoms with Crippen molar-refractivity contribution in [2.75, 3.05) is 25.6 Å². The highest BCUT2D eigenvalue weighted by Gasteiger charge is 2.46. The minimum atomic E-state index is -5.44. The normalized spacial score (nSPS) is 20.2. The van der Waals surface area contributed by atoms with Gasteiger partial charge in [-0.1, -0.05) is 153 Å². The molecule has 1 saturated heterocycles. The van der Waals surface area contributed by atoms with Crippen LogP contribution in [-0.2, 0) is 46.3 Å². The summed E-state index contributed by atoms with van der Waals surface area (Å²) in [5.74, 6) is -0.656. The number of nitrogens with two attached hydrogens (primary N) is 1. The lowest BCUT2D eigenvalue weighted by molar-refractivity contribution is -0.161. The Bertz CT molecular complexity index is 1890. The third-order valence-corrected chi connectivity index (χ3v) is 13.8. The number of phosphoric ester groups is 2. The van der Waals surface area contributed by atoms with Crippen LogP contribution in [0.15, 0.2) is 65.7 Å². The molecule has 7 N–H and O–H groups in total. The molecule has 2 rings (SSSR count). The van der Waals surface area contributed by atoms with E-state index in [0.717, 1.165) is 55.2 Å². The Morgan fingerprint density at radius 1 is 0.800 bits per heavy atom. The maximum Gasteiger partial charge on any atom is 0.481 e. The van der Waals surface area contributed by atoms with E-state index in [4.69, 9.17) is 29.0 Å². The molecule has 1 fully saturated rings. The number of unbranched alkanes of at least 4 members (excludes halogenated alkanes) is 14. The van der Waals surface area contributed by atoms with E-state index in [9.17, 15) is 48.6 Å². The van der Waals surface area contributed by atoms with E-state index >= 15 is 0 Å². The van der Waals surface area contributed by atoms with Crippen LogP contribution in [0.5, 0.6) is 0 Å². The number of anilines is 1. The van der Waals surface area contributed by atoms with E-state index in [1.807, 2.05) is 36.5 Å². The van der Waals surface area contributed by atoms with Gasteiger partial charge in [-0.2, -0.15) is 9.29 Å². The number of allylic oxidation sites excluding steroid dienone is 6. The summed E-state index contributed by atoms with van der Waals surface area (Å²) in [7, 11) is -10.9. The quantitative estimate of drug-likeness (QED) is 0.0117. The van der Waals surface area contributed by atoms with Gasteiger partial charge in [0.1, 0.15) is 30.7 Å². The van der Waals surface area contributed by atoms with Crippen molar-refractivity contribution in [2.24, 2.45) is 5.92 Å². The number of aliphatic hydroxyl groups excluding tert-OH is 3. The van der Waals surface area contributed by atoms with Crippen LogP contribution in [0.3, 0.4) is 0 Å². The lowest BCUT2D eigenvalue weighted by Crippen LogP contribution is -2.36. The van der Waals surface area contributed by atoms with Crippen LogP contribution in [0.2, 0.25) is 0 Å². The van der Waals surface area contributed by atoms with Crippen molar-refractivity contribution in [3.63, 3.8) is 0 Å². The first-order valence-electron chi connectivity index (χ1n) is 25.1. The zero-order valence-electron chi connectivity index (χ0n) is 41.6. The van der Waals surface area contributed by atoms with Crippen LogP contribution in [0.25, 0.3) is 0 Å². The monoisotopic (exact) mass is 1030 g/mol. The fraction of sp³-hybridized carbons (Fsp3) is 0.714. The average Bonchev–Trinajstić information content (AvgIpc) is 3.58. The zero-order valence-corrected chi connectivity index (χ0v) is 43.4. The number of nitrogens with zero attached hydrogens (tertiary/aromatic N) is 2. The Morgan fingerprint density at radius 2 is 1.43 bits per heavy atom. The molecule has 400 valence electrons. The SMILES string of the molecule is CCCCC/C=C\C=C/[C@@H](O)C/C=C\C/C=C/CCCC(=O)OC[C@H](COP(=O)(O)OP(=O)(O)OC[C@H]1O[C@@H](n2ccc(N)nc2=O)[C@H](O)[C@@H]1O)OC(=O)CCCCCCCCCCCCCC(C)C. The highest BCUT2D eigenvalue weighted by molar-refractivity contribution is 7.61. The number of ether oxygens (including phenoxy) is 3. The van der Waals surface area contributed by atoms with Gasteiger partial charge in [-0.3, -0.25) is 23.2 Å². The minimum absolute atomic E-state index is 0.0169. The molecular formula is C49H83N3O16P2. The average molecular weight is 1030 g/mol. The minimum Gasteiger partial charge on any atom is -0.462 e. The van der Waals surface area contributed by atoms with Crippen LogP contribution in [0, 0.1) is 5.92 Å². The van der Waals surface area contributed by atoms with E-state index in [1.165, 1.54) is 63.9 Å². The molecular weight excluding hydrogens is 948 g/mol. The molecule has 1 aliphatic heterocycles. The second kappa shape index (κ2) is 36.6. The van der Waals surface area contributed by atoms with Crippen molar-refractivity contribution in [2.45, 2.75) is 199 Å². The van der Waals surface area contributed by atoms with Gasteiger partial charge in [0.15, 0.2) is 12.3 Å². The van der Waals surface area contributed by atoms with Gasteiger partial charge in [0, 0.05) is 19.0 Å². The number of nitrogen functional groups attached to an aromatic ring is 1. The first-order chi connectivity index (χ1) is 33.4. The first-order valence-corrected chi connectivity index (χ1v) is 28.1. The van der Waals surface area contributed by atoms with Crippen molar-refractivity contribution < 1.29 is 71.4 Å². The van der Waals surface area contributed by atoms with Crippen molar-refractivity contribution in [1.82, 2.24) is 9.55 Å². The van der Waals surface area contributed by atoms with Crippen LogP contribution >= 0.6 is 15.6 Å². The summed E-state index contributed by atoms with van der Waals surface area (Å²) >= 11 is 0. The second-order valence-corrected chi connectivity index (χ2v) is 21.0. The molecule has 19 nitrogen and oxygen atoms in total. The number of carbonyl (C=O) groups is 2. The van der Waals surface area contributed by atoms with Crippen LogP contribution in [0.1, 0.15) is 168 Å². The number of aromatic nitrogens is 2. The van der Waals surface area contributed by atoms with Gasteiger partial charge in [-0.15, -0.1) is 0 Å². The third-order valence-electron chi connectivity index (χ3n) is 11.2. The van der Waals surface area contributed by atoms with Gasteiger partial charge in [0.05, 0.1) is 19.3 Å². The molecule has 70 heavy (non-hydrogen) atoms. The smallest absolute Gasteiger partial charge is 0.462 e. The Labute approximate surface area is 414 Å². The zero-order chi connectivity index (χ0) is 51.6. The summed E-state index contributed by atoms with van der Waals surface area (Å²) in [6.45, 7) is 4.27. The number of phosphoric acid groups is 2. The van der Waals surface area contributed by atoms with Gasteiger partial charge in [-0.05, 0) is 56.9 Å². The maximum absolute atomic E-state index is 12.8. The van der Waals surface area contributed by atoms with E-state index in [1.54, 1.807) is 6.08 Å². The van der Waals surface area contributed by atoms with Crippen molar-refractivity contribution >= 4 is 33.4 Å². The maximum atomic E-state index is 12.8. The van der Waals surface area contributed by atoms with Crippen LogP contribution in [0.4, 0.5) is 5.82 Å². The Kier molecular flexibility index (Phi) is 32.8. The van der Waals surface area contributed by atoms with Gasteiger partial charge in [0.25, 0.3) is 0 Å². The summed E-state index contributed by atoms with van der Waals surface area (Å²) in [6, 6.07) is 1.24. The number of hydrogen-bond donors (Lipinski definition) is 6. The van der Waals surface area contributed by atoms with E-state index in [-0.39, 0.29) is 18.7 Å². The molecule has 0 bridgehead atoms. The van der Waals surface area contributed by atoms with Crippen molar-refractivity contribution in [1.29, 1.82) is 0 Å². The lowest BCUT2D eigenvalue weighted by atomic mass is 10.0. The molecule has 1 aliphatic rings. The summed E-state index contributed by atoms with van der Waals surface area (Å²) in [5, 5.41) is 31.0. The molecule has 2 unspecified atom stereocenters. The van der Waals surface area contributed by atoms with Crippen LogP contribution in [-0.4, -0.2) is 96.9 Å². The topological polar surface area (TPSA) is 286 Å². The van der Waals surface area contributed by atoms with Gasteiger partial charge >= 0.3 is 33.3 Å². The van der Waals surface area contributed by atoms with E-state index in [2.05, 4.69) is 36.1 Å². The van der Waals surface area contributed by atoms with Gasteiger partial charge in [-0.25, -0.2) is 13.9 Å². The highest BCUT2D eigenvalue weighted by atomic mass is 31.3. The molecule has 0 radical (unpaired) electrons. The molecule has 0 aromatic carbocycles. The molecule has 0 amide bonds. The lowest BCUT2D eigenvalue weighted by Gasteiger charge is -2.21. The fourth-order valence-electron chi connectivity index (χ4n) is 7.22. The number of hydrogen-bond acceptors (Lipinski definition) is 16. The number of esters is 2. The molecule has 1 aromatic heterocycles. The largest absolute Gasteiger partial charge is 0.481 e.